The molecule has 0 unspecified atom stereocenters. The van der Waals surface area contributed by atoms with Crippen molar-refractivity contribution < 1.29 is 18.3 Å². The largest absolute Gasteiger partial charge is 0.495 e. The molecular formula is C20H25N5O5S2. The van der Waals surface area contributed by atoms with Crippen LogP contribution in [0.15, 0.2) is 28.3 Å². The van der Waals surface area contributed by atoms with Crippen molar-refractivity contribution >= 4 is 26.3 Å². The van der Waals surface area contributed by atoms with E-state index in [2.05, 4.69) is 20.0 Å². The van der Waals surface area contributed by atoms with Gasteiger partial charge in [0.2, 0.25) is 15.0 Å². The number of aromatic nitrogens is 3. The topological polar surface area (TPSA) is 135 Å². The normalized spacial score (nSPS) is 19.2. The second kappa shape index (κ2) is 8.18. The Balaban J connectivity index is 1.72. The highest BCUT2D eigenvalue weighted by atomic mass is 32.2. The molecule has 32 heavy (non-hydrogen) atoms. The number of nitrogens with one attached hydrogen (secondary N) is 1. The number of aliphatic hydroxyl groups is 1. The van der Waals surface area contributed by atoms with Gasteiger partial charge in [0.15, 0.2) is 0 Å². The van der Waals surface area contributed by atoms with Crippen LogP contribution in [0, 0.1) is 17.7 Å². The van der Waals surface area contributed by atoms with Crippen molar-refractivity contribution in [3.05, 3.63) is 33.8 Å². The van der Waals surface area contributed by atoms with E-state index in [4.69, 9.17) is 4.74 Å². The van der Waals surface area contributed by atoms with E-state index in [1.54, 1.807) is 36.6 Å². The van der Waals surface area contributed by atoms with E-state index >= 15 is 0 Å². The third kappa shape index (κ3) is 4.15. The van der Waals surface area contributed by atoms with Crippen LogP contribution in [-0.4, -0.2) is 47.8 Å². The molecule has 1 fully saturated rings. The molecule has 10 nitrogen and oxygen atoms in total. The van der Waals surface area contributed by atoms with E-state index in [-0.39, 0.29) is 29.1 Å². The lowest BCUT2D eigenvalue weighted by Gasteiger charge is -2.34. The van der Waals surface area contributed by atoms with Crippen LogP contribution in [0.2, 0.25) is 0 Å². The number of hydrogen-bond donors (Lipinski definition) is 2. The minimum atomic E-state index is -3.87. The van der Waals surface area contributed by atoms with Gasteiger partial charge in [0.1, 0.15) is 21.3 Å². The molecule has 0 saturated heterocycles. The van der Waals surface area contributed by atoms with Crippen molar-refractivity contribution in [1.29, 1.82) is 0 Å². The number of nitrogens with zero attached hydrogens (tertiary/aromatic N) is 4. The smallest absolute Gasteiger partial charge is 0.244 e. The molecule has 1 aliphatic carbocycles. The first-order chi connectivity index (χ1) is 15.0. The van der Waals surface area contributed by atoms with E-state index in [9.17, 15) is 18.4 Å². The maximum atomic E-state index is 13.1. The number of nitroso groups, excluding NO2 is 1. The van der Waals surface area contributed by atoms with Gasteiger partial charge in [-0.2, -0.15) is 10.0 Å². The predicted octanol–water partition coefficient (Wildman–Crippen LogP) is 2.83. The Kier molecular flexibility index (Phi) is 5.82. The Labute approximate surface area is 189 Å². The summed E-state index contributed by atoms with van der Waals surface area (Å²) >= 11 is 1.28. The monoisotopic (exact) mass is 479 g/mol. The average Bonchev–Trinajstić information content (AvgIpc) is 3.22. The van der Waals surface area contributed by atoms with Gasteiger partial charge in [0.25, 0.3) is 0 Å². The first-order valence-corrected chi connectivity index (χ1v) is 12.4. The van der Waals surface area contributed by atoms with Crippen LogP contribution in [0.5, 0.6) is 5.75 Å². The lowest BCUT2D eigenvalue weighted by atomic mass is 9.81. The number of sulfonamides is 1. The van der Waals surface area contributed by atoms with Crippen molar-refractivity contribution in [2.24, 2.45) is 11.1 Å². The van der Waals surface area contributed by atoms with Gasteiger partial charge in [-0.15, -0.1) is 0 Å². The van der Waals surface area contributed by atoms with Gasteiger partial charge in [0, 0.05) is 11.6 Å². The van der Waals surface area contributed by atoms with Gasteiger partial charge in [-0.3, -0.25) is 0 Å². The van der Waals surface area contributed by atoms with Crippen LogP contribution < -0.4 is 9.46 Å². The highest BCUT2D eigenvalue weighted by molar-refractivity contribution is 7.89. The van der Waals surface area contributed by atoms with E-state index < -0.39 is 15.6 Å². The van der Waals surface area contributed by atoms with Crippen LogP contribution in [-0.2, 0) is 15.6 Å². The lowest BCUT2D eigenvalue weighted by molar-refractivity contribution is 0.0773. The maximum Gasteiger partial charge on any atom is 0.244 e. The zero-order valence-corrected chi connectivity index (χ0v) is 19.8. The van der Waals surface area contributed by atoms with Crippen LogP contribution in [0.1, 0.15) is 37.4 Å². The summed E-state index contributed by atoms with van der Waals surface area (Å²) in [6.45, 7) is 5.33. The third-order valence-electron chi connectivity index (χ3n) is 5.52. The summed E-state index contributed by atoms with van der Waals surface area (Å²) in [7, 11) is -2.45. The van der Waals surface area contributed by atoms with Crippen LogP contribution in [0.25, 0.3) is 16.2 Å². The fraction of sp³-hybridized carbons (Fsp3) is 0.500. The molecule has 1 aliphatic rings. The van der Waals surface area contributed by atoms with Gasteiger partial charge in [-0.25, -0.2) is 22.6 Å². The molecule has 2 N–H and O–H groups in total. The average molecular weight is 480 g/mol. The van der Waals surface area contributed by atoms with Gasteiger partial charge in [0.05, 0.1) is 25.0 Å². The molecule has 3 aromatic rings. The highest BCUT2D eigenvalue weighted by Gasteiger charge is 2.34. The van der Waals surface area contributed by atoms with E-state index in [0.717, 1.165) is 0 Å². The minimum Gasteiger partial charge on any atom is -0.495 e. The number of imidazole rings is 1. The number of benzene rings is 1. The second-order valence-electron chi connectivity index (χ2n) is 8.54. The standard InChI is InChI=1S/C20H25N5O5S2/c1-11-17(25-19(22-11)31-18(23-25)20(2,3)26)13-5-6-15(30-4)16(9-13)32(28,29)24-14-7-12(8-14)10-21-27/h5-6,9,12,14,24,26H,7-8,10H2,1-4H3/t12-,14+. The van der Waals surface area contributed by atoms with Gasteiger partial charge in [-0.1, -0.05) is 16.5 Å². The third-order valence-corrected chi connectivity index (χ3v) is 8.28. The summed E-state index contributed by atoms with van der Waals surface area (Å²) < 4.78 is 35.9. The molecule has 172 valence electrons. The number of fused-ring (bicyclic) bond motifs is 1. The van der Waals surface area contributed by atoms with Gasteiger partial charge in [-0.05, 0) is 57.7 Å². The summed E-state index contributed by atoms with van der Waals surface area (Å²) in [5, 5.41) is 18.2. The quantitative estimate of drug-likeness (QED) is 0.474. The van der Waals surface area contributed by atoms with E-state index in [1.165, 1.54) is 18.4 Å². The summed E-state index contributed by atoms with van der Waals surface area (Å²) in [6.07, 6.45) is 1.15. The maximum absolute atomic E-state index is 13.1. The van der Waals surface area contributed by atoms with E-state index in [0.29, 0.717) is 39.8 Å². The summed E-state index contributed by atoms with van der Waals surface area (Å²) in [5.41, 5.74) is 0.831. The molecule has 4 rings (SSSR count). The van der Waals surface area contributed by atoms with Crippen molar-refractivity contribution in [2.75, 3.05) is 13.7 Å². The molecule has 0 radical (unpaired) electrons. The molecule has 1 saturated carbocycles. The Morgan fingerprint density at radius 2 is 2.09 bits per heavy atom. The van der Waals surface area contributed by atoms with Gasteiger partial charge >= 0.3 is 0 Å². The zero-order chi connectivity index (χ0) is 23.3. The minimum absolute atomic E-state index is 0.0155. The lowest BCUT2D eigenvalue weighted by Crippen LogP contribution is -2.45. The molecular weight excluding hydrogens is 454 g/mol. The van der Waals surface area contributed by atoms with Crippen LogP contribution >= 0.6 is 11.3 Å². The Morgan fingerprint density at radius 3 is 2.72 bits per heavy atom. The number of aryl methyl sites for hydroxylation is 1. The molecule has 1 aromatic carbocycles. The van der Waals surface area contributed by atoms with Crippen molar-refractivity contribution in [3.63, 3.8) is 0 Å². The summed E-state index contributed by atoms with van der Waals surface area (Å²) in [5.74, 6) is 0.339. The fourth-order valence-corrected chi connectivity index (χ4v) is 6.23. The van der Waals surface area contributed by atoms with Crippen LogP contribution in [0.3, 0.4) is 0 Å². The van der Waals surface area contributed by atoms with Crippen LogP contribution in [0.4, 0.5) is 0 Å². The molecule has 0 aliphatic heterocycles. The SMILES string of the molecule is COc1ccc(-c2c(C)nc3sc(C(C)(C)O)nn23)cc1S(=O)(=O)N[C@H]1C[C@@H](CN=O)C1. The predicted molar refractivity (Wildman–Crippen MR) is 120 cm³/mol. The number of rotatable bonds is 8. The molecule has 0 amide bonds. The Hall–Kier alpha value is -2.41. The van der Waals surface area contributed by atoms with Crippen molar-refractivity contribution in [2.45, 2.75) is 50.2 Å². The molecule has 0 bridgehead atoms. The highest BCUT2D eigenvalue weighted by Crippen LogP contribution is 2.35. The summed E-state index contributed by atoms with van der Waals surface area (Å²) in [6, 6.07) is 4.67. The Bertz CT molecular complexity index is 1270. The second-order valence-corrected chi connectivity index (χ2v) is 11.2. The molecule has 0 atom stereocenters. The Morgan fingerprint density at radius 1 is 1.38 bits per heavy atom. The molecule has 2 aromatic heterocycles. The first-order valence-electron chi connectivity index (χ1n) is 10.1. The number of methoxy groups -OCH3 is 1. The molecule has 12 heteroatoms. The van der Waals surface area contributed by atoms with Gasteiger partial charge < -0.3 is 9.84 Å². The molecule has 0 spiro atoms. The zero-order valence-electron chi connectivity index (χ0n) is 18.2. The fourth-order valence-electron chi connectivity index (χ4n) is 3.83. The molecule has 2 heterocycles. The van der Waals surface area contributed by atoms with Crippen molar-refractivity contribution in [3.8, 4) is 17.0 Å². The number of hydrogen-bond acceptors (Lipinski definition) is 9. The summed E-state index contributed by atoms with van der Waals surface area (Å²) in [4.78, 5) is 15.6. The first kappa shape index (κ1) is 22.8. The van der Waals surface area contributed by atoms with E-state index in [1.807, 2.05) is 6.92 Å². The number of ether oxygens (including phenoxy) is 1. The van der Waals surface area contributed by atoms with Crippen molar-refractivity contribution in [1.82, 2.24) is 19.3 Å².